The van der Waals surface area contributed by atoms with Crippen molar-refractivity contribution in [1.29, 1.82) is 0 Å². The van der Waals surface area contributed by atoms with Crippen molar-refractivity contribution >= 4 is 11.6 Å². The molecule has 0 saturated carbocycles. The zero-order chi connectivity index (χ0) is 12.1. The third-order valence-corrected chi connectivity index (χ3v) is 2.85. The molecule has 1 aromatic rings. The second kappa shape index (κ2) is 5.80. The number of rotatable bonds is 3. The zero-order valence-corrected chi connectivity index (χ0v) is 9.69. The molecule has 4 nitrogen and oxygen atoms in total. The van der Waals surface area contributed by atoms with Gasteiger partial charge in [-0.3, -0.25) is 4.79 Å². The Kier molecular flexibility index (Phi) is 4.12. The van der Waals surface area contributed by atoms with Crippen LogP contribution >= 0.6 is 0 Å². The number of hydrogen-bond donors (Lipinski definition) is 2. The molecule has 2 N–H and O–H groups in total. The van der Waals surface area contributed by atoms with Gasteiger partial charge in [0.15, 0.2) is 0 Å². The highest BCUT2D eigenvalue weighted by molar-refractivity contribution is 5.94. The molecule has 0 aromatic heterocycles. The minimum Gasteiger partial charge on any atom is -0.392 e. The van der Waals surface area contributed by atoms with E-state index in [4.69, 9.17) is 9.84 Å². The number of anilines is 1. The van der Waals surface area contributed by atoms with E-state index in [0.717, 1.165) is 24.8 Å². The maximum absolute atomic E-state index is 11.9. The monoisotopic (exact) mass is 235 g/mol. The Morgan fingerprint density at radius 1 is 1.47 bits per heavy atom. The van der Waals surface area contributed by atoms with Crippen LogP contribution in [0.25, 0.3) is 0 Å². The lowest BCUT2D eigenvalue weighted by atomic mass is 10.1. The first kappa shape index (κ1) is 12.1. The van der Waals surface area contributed by atoms with E-state index in [0.29, 0.717) is 12.3 Å². The van der Waals surface area contributed by atoms with E-state index in [1.165, 1.54) is 0 Å². The molecule has 1 heterocycles. The molecule has 2 rings (SSSR count). The molecule has 1 aliphatic rings. The molecular formula is C13H17NO3. The van der Waals surface area contributed by atoms with Gasteiger partial charge in [-0.25, -0.2) is 0 Å². The summed E-state index contributed by atoms with van der Waals surface area (Å²) < 4.78 is 5.41. The second-order valence-corrected chi connectivity index (χ2v) is 4.20. The number of nitrogens with one attached hydrogen (secondary N) is 1. The van der Waals surface area contributed by atoms with Crippen LogP contribution in [0.2, 0.25) is 0 Å². The number of hydrogen-bond acceptors (Lipinski definition) is 3. The van der Waals surface area contributed by atoms with Gasteiger partial charge in [-0.05, 0) is 37.0 Å². The molecule has 4 heteroatoms. The van der Waals surface area contributed by atoms with Crippen molar-refractivity contribution < 1.29 is 14.6 Å². The first-order chi connectivity index (χ1) is 8.29. The Morgan fingerprint density at radius 2 is 2.35 bits per heavy atom. The summed E-state index contributed by atoms with van der Waals surface area (Å²) in [4.78, 5) is 11.9. The van der Waals surface area contributed by atoms with Crippen molar-refractivity contribution in [1.82, 2.24) is 0 Å². The van der Waals surface area contributed by atoms with Crippen LogP contribution in [0.3, 0.4) is 0 Å². The van der Waals surface area contributed by atoms with Crippen LogP contribution in [0.15, 0.2) is 24.3 Å². The van der Waals surface area contributed by atoms with E-state index in [-0.39, 0.29) is 18.6 Å². The highest BCUT2D eigenvalue weighted by atomic mass is 16.5. The molecule has 1 aliphatic heterocycles. The number of aliphatic hydroxyl groups is 1. The summed E-state index contributed by atoms with van der Waals surface area (Å²) >= 11 is 0. The van der Waals surface area contributed by atoms with Gasteiger partial charge in [-0.15, -0.1) is 0 Å². The summed E-state index contributed by atoms with van der Waals surface area (Å²) in [7, 11) is 0. The molecule has 1 saturated heterocycles. The summed E-state index contributed by atoms with van der Waals surface area (Å²) in [6, 6.07) is 7.19. The van der Waals surface area contributed by atoms with E-state index in [1.54, 1.807) is 12.1 Å². The quantitative estimate of drug-likeness (QED) is 0.838. The fraction of sp³-hybridized carbons (Fsp3) is 0.462. The van der Waals surface area contributed by atoms with Crippen LogP contribution < -0.4 is 5.32 Å². The summed E-state index contributed by atoms with van der Waals surface area (Å²) in [5, 5.41) is 11.8. The number of carbonyl (C=O) groups is 1. The zero-order valence-electron chi connectivity index (χ0n) is 9.69. The van der Waals surface area contributed by atoms with E-state index >= 15 is 0 Å². The highest BCUT2D eigenvalue weighted by Gasteiger charge is 2.21. The van der Waals surface area contributed by atoms with Gasteiger partial charge in [0.1, 0.15) is 6.10 Å². The third-order valence-electron chi connectivity index (χ3n) is 2.85. The molecule has 0 bridgehead atoms. The number of carbonyl (C=O) groups excluding carboxylic acids is 1. The van der Waals surface area contributed by atoms with Crippen LogP contribution in [0, 0.1) is 0 Å². The topological polar surface area (TPSA) is 58.6 Å². The minimum atomic E-state index is -0.332. The summed E-state index contributed by atoms with van der Waals surface area (Å²) in [5.74, 6) is -0.0974. The molecular weight excluding hydrogens is 218 g/mol. The van der Waals surface area contributed by atoms with Gasteiger partial charge >= 0.3 is 0 Å². The van der Waals surface area contributed by atoms with Gasteiger partial charge in [0.05, 0.1) is 6.61 Å². The predicted molar refractivity (Wildman–Crippen MR) is 64.6 cm³/mol. The van der Waals surface area contributed by atoms with Gasteiger partial charge in [0, 0.05) is 12.3 Å². The van der Waals surface area contributed by atoms with Gasteiger partial charge in [-0.2, -0.15) is 0 Å². The number of aliphatic hydroxyl groups excluding tert-OH is 1. The van der Waals surface area contributed by atoms with E-state index in [9.17, 15) is 4.79 Å². The molecule has 1 atom stereocenters. The number of ether oxygens (including phenoxy) is 1. The van der Waals surface area contributed by atoms with Crippen LogP contribution in [-0.2, 0) is 16.1 Å². The fourth-order valence-electron chi connectivity index (χ4n) is 1.92. The predicted octanol–water partition coefficient (Wildman–Crippen LogP) is 1.69. The largest absolute Gasteiger partial charge is 0.392 e. The lowest BCUT2D eigenvalue weighted by molar-refractivity contribution is -0.129. The van der Waals surface area contributed by atoms with Crippen LogP contribution in [0.1, 0.15) is 24.8 Å². The Bertz CT molecular complexity index is 386. The van der Waals surface area contributed by atoms with Crippen molar-refractivity contribution in [2.24, 2.45) is 0 Å². The highest BCUT2D eigenvalue weighted by Crippen LogP contribution is 2.16. The van der Waals surface area contributed by atoms with Crippen LogP contribution in [-0.4, -0.2) is 23.7 Å². The Labute approximate surface area is 101 Å². The lowest BCUT2D eigenvalue weighted by Crippen LogP contribution is -2.33. The van der Waals surface area contributed by atoms with Crippen molar-refractivity contribution in [3.05, 3.63) is 29.8 Å². The number of amides is 1. The van der Waals surface area contributed by atoms with E-state index < -0.39 is 0 Å². The van der Waals surface area contributed by atoms with E-state index in [1.807, 2.05) is 12.1 Å². The molecule has 1 unspecified atom stereocenters. The van der Waals surface area contributed by atoms with Gasteiger partial charge in [0.2, 0.25) is 0 Å². The van der Waals surface area contributed by atoms with Crippen LogP contribution in [0.5, 0.6) is 0 Å². The molecule has 17 heavy (non-hydrogen) atoms. The van der Waals surface area contributed by atoms with E-state index in [2.05, 4.69) is 5.32 Å². The van der Waals surface area contributed by atoms with Gasteiger partial charge in [0.25, 0.3) is 5.91 Å². The summed E-state index contributed by atoms with van der Waals surface area (Å²) in [6.07, 6.45) is 2.52. The van der Waals surface area contributed by atoms with Gasteiger partial charge in [-0.1, -0.05) is 12.1 Å². The average molecular weight is 235 g/mol. The first-order valence-electron chi connectivity index (χ1n) is 5.92. The minimum absolute atomic E-state index is 0.0242. The Balaban J connectivity index is 1.96. The van der Waals surface area contributed by atoms with Crippen molar-refractivity contribution in [2.75, 3.05) is 11.9 Å². The Morgan fingerprint density at radius 3 is 3.06 bits per heavy atom. The summed E-state index contributed by atoms with van der Waals surface area (Å²) in [6.45, 7) is 0.637. The normalized spacial score (nSPS) is 19.9. The van der Waals surface area contributed by atoms with Gasteiger partial charge < -0.3 is 15.2 Å². The molecule has 92 valence electrons. The van der Waals surface area contributed by atoms with Crippen LogP contribution in [0.4, 0.5) is 5.69 Å². The van der Waals surface area contributed by atoms with Crippen molar-refractivity contribution in [2.45, 2.75) is 32.0 Å². The lowest BCUT2D eigenvalue weighted by Gasteiger charge is -2.21. The molecule has 0 radical (unpaired) electrons. The molecule has 1 aromatic carbocycles. The maximum Gasteiger partial charge on any atom is 0.253 e. The standard InChI is InChI=1S/C13H17NO3/c15-9-10-4-3-5-11(8-10)14-13(16)12-6-1-2-7-17-12/h3-5,8,12,15H,1-2,6-7,9H2,(H,14,16). The second-order valence-electron chi connectivity index (χ2n) is 4.20. The van der Waals surface area contributed by atoms with Crippen molar-refractivity contribution in [3.8, 4) is 0 Å². The fourth-order valence-corrected chi connectivity index (χ4v) is 1.92. The molecule has 0 spiro atoms. The summed E-state index contributed by atoms with van der Waals surface area (Å²) in [5.41, 5.74) is 1.49. The molecule has 1 amide bonds. The first-order valence-corrected chi connectivity index (χ1v) is 5.92. The smallest absolute Gasteiger partial charge is 0.253 e. The third kappa shape index (κ3) is 3.28. The average Bonchev–Trinajstić information content (AvgIpc) is 2.40. The SMILES string of the molecule is O=C(Nc1cccc(CO)c1)C1CCCCO1. The molecule has 1 fully saturated rings. The number of benzene rings is 1. The Hall–Kier alpha value is -1.39. The van der Waals surface area contributed by atoms with Crippen molar-refractivity contribution in [3.63, 3.8) is 0 Å². The molecule has 0 aliphatic carbocycles. The maximum atomic E-state index is 11.9.